The van der Waals surface area contributed by atoms with Crippen molar-refractivity contribution in [3.8, 4) is 23.5 Å². The highest BCUT2D eigenvalue weighted by atomic mass is 35.5. The Hall–Kier alpha value is -2.43. The van der Waals surface area contributed by atoms with E-state index in [0.717, 1.165) is 0 Å². The van der Waals surface area contributed by atoms with Crippen molar-refractivity contribution >= 4 is 17.5 Å². The molecule has 2 aromatic rings. The van der Waals surface area contributed by atoms with Gasteiger partial charge in [-0.15, -0.1) is 0 Å². The number of benzene rings is 1. The molecule has 82 valence electrons. The smallest absolute Gasteiger partial charge is 0.210 e. The number of nitrogen functional groups attached to an aromatic ring is 1. The Kier molecular flexibility index (Phi) is 2.74. The van der Waals surface area contributed by atoms with Gasteiger partial charge < -0.3 is 10.2 Å². The number of hydrogen-bond acceptors (Lipinski definition) is 4. The minimum Gasteiger partial charge on any atom is -0.438 e. The van der Waals surface area contributed by atoms with Gasteiger partial charge in [0.15, 0.2) is 5.76 Å². The van der Waals surface area contributed by atoms with Gasteiger partial charge in [0, 0.05) is 10.6 Å². The van der Waals surface area contributed by atoms with Crippen LogP contribution in [0.1, 0.15) is 11.1 Å². The highest BCUT2D eigenvalue weighted by molar-refractivity contribution is 6.30. The van der Waals surface area contributed by atoms with Crippen LogP contribution in [-0.2, 0) is 0 Å². The van der Waals surface area contributed by atoms with Gasteiger partial charge in [-0.2, -0.15) is 10.5 Å². The van der Waals surface area contributed by atoms with E-state index in [4.69, 9.17) is 32.3 Å². The first-order valence-electron chi connectivity index (χ1n) is 4.65. The third-order valence-electron chi connectivity index (χ3n) is 2.27. The Bertz CT molecular complexity index is 644. The van der Waals surface area contributed by atoms with Gasteiger partial charge in [0.05, 0.1) is 0 Å². The van der Waals surface area contributed by atoms with Crippen LogP contribution in [0.4, 0.5) is 5.88 Å². The summed E-state index contributed by atoms with van der Waals surface area (Å²) in [7, 11) is 0. The van der Waals surface area contributed by atoms with Crippen LogP contribution in [0.3, 0.4) is 0 Å². The Labute approximate surface area is 102 Å². The van der Waals surface area contributed by atoms with Crippen LogP contribution in [0.2, 0.25) is 5.02 Å². The number of anilines is 1. The number of hydrogen-bond donors (Lipinski definition) is 1. The van der Waals surface area contributed by atoms with Crippen molar-refractivity contribution in [1.29, 1.82) is 10.5 Å². The predicted molar refractivity (Wildman–Crippen MR) is 63.0 cm³/mol. The molecule has 0 atom stereocenters. The van der Waals surface area contributed by atoms with Gasteiger partial charge in [-0.3, -0.25) is 0 Å². The number of nitrogens with zero attached hydrogens (tertiary/aromatic N) is 2. The lowest BCUT2D eigenvalue weighted by molar-refractivity contribution is 0.601. The summed E-state index contributed by atoms with van der Waals surface area (Å²) >= 11 is 5.76. The van der Waals surface area contributed by atoms with E-state index in [1.54, 1.807) is 24.3 Å². The molecule has 0 unspecified atom stereocenters. The summed E-state index contributed by atoms with van der Waals surface area (Å²) in [5.74, 6) is 0.243. The number of furan rings is 1. The van der Waals surface area contributed by atoms with Crippen LogP contribution in [0.5, 0.6) is 0 Å². The van der Waals surface area contributed by atoms with Crippen LogP contribution < -0.4 is 5.73 Å². The molecule has 5 heteroatoms. The van der Waals surface area contributed by atoms with E-state index in [1.165, 1.54) is 0 Å². The Balaban J connectivity index is 2.65. The van der Waals surface area contributed by atoms with E-state index >= 15 is 0 Å². The molecule has 0 radical (unpaired) electrons. The van der Waals surface area contributed by atoms with E-state index in [0.29, 0.717) is 16.3 Å². The average Bonchev–Trinajstić information content (AvgIpc) is 2.66. The topological polar surface area (TPSA) is 86.7 Å². The van der Waals surface area contributed by atoms with Crippen molar-refractivity contribution in [2.24, 2.45) is 0 Å². The predicted octanol–water partition coefficient (Wildman–Crippen LogP) is 2.93. The molecule has 2 N–H and O–H groups in total. The van der Waals surface area contributed by atoms with Crippen molar-refractivity contribution < 1.29 is 4.42 Å². The lowest BCUT2D eigenvalue weighted by atomic mass is 10.1. The molecular formula is C12H6ClN3O. The van der Waals surface area contributed by atoms with Gasteiger partial charge in [0.1, 0.15) is 23.3 Å². The Morgan fingerprint density at radius 3 is 2.18 bits per heavy atom. The van der Waals surface area contributed by atoms with Crippen LogP contribution in [0.25, 0.3) is 11.3 Å². The average molecular weight is 244 g/mol. The SMILES string of the molecule is N#Cc1c(N)oc(-c2ccc(Cl)cc2)c1C#N. The second kappa shape index (κ2) is 4.21. The molecule has 0 amide bonds. The van der Waals surface area contributed by atoms with Crippen molar-refractivity contribution in [2.75, 3.05) is 5.73 Å². The highest BCUT2D eigenvalue weighted by Gasteiger charge is 2.19. The third kappa shape index (κ3) is 1.82. The summed E-state index contributed by atoms with van der Waals surface area (Å²) < 4.78 is 5.24. The first-order chi connectivity index (χ1) is 8.17. The highest BCUT2D eigenvalue weighted by Crippen LogP contribution is 2.32. The normalized spacial score (nSPS) is 9.59. The van der Waals surface area contributed by atoms with Crippen molar-refractivity contribution in [3.05, 3.63) is 40.4 Å². The van der Waals surface area contributed by atoms with Crippen molar-refractivity contribution in [2.45, 2.75) is 0 Å². The van der Waals surface area contributed by atoms with Crippen LogP contribution in [-0.4, -0.2) is 0 Å². The fraction of sp³-hybridized carbons (Fsp3) is 0. The lowest BCUT2D eigenvalue weighted by Crippen LogP contribution is -1.85. The fourth-order valence-electron chi connectivity index (χ4n) is 1.47. The number of halogens is 1. The molecule has 0 bridgehead atoms. The van der Waals surface area contributed by atoms with Gasteiger partial charge in [-0.05, 0) is 24.3 Å². The Morgan fingerprint density at radius 1 is 1.06 bits per heavy atom. The minimum atomic E-state index is -0.0472. The van der Waals surface area contributed by atoms with E-state index in [-0.39, 0.29) is 17.0 Å². The molecule has 0 fully saturated rings. The molecule has 4 nitrogen and oxygen atoms in total. The quantitative estimate of drug-likeness (QED) is 0.834. The maximum Gasteiger partial charge on any atom is 0.210 e. The zero-order chi connectivity index (χ0) is 12.4. The van der Waals surface area contributed by atoms with E-state index < -0.39 is 0 Å². The summed E-state index contributed by atoms with van der Waals surface area (Å²) in [5.41, 5.74) is 6.39. The standard InChI is InChI=1S/C12H6ClN3O/c13-8-3-1-7(2-4-8)11-9(5-14)10(6-15)12(16)17-11/h1-4H,16H2. The first-order valence-corrected chi connectivity index (χ1v) is 5.03. The summed E-state index contributed by atoms with van der Waals surface area (Å²) in [6.07, 6.45) is 0. The molecule has 1 heterocycles. The van der Waals surface area contributed by atoms with Crippen LogP contribution in [0.15, 0.2) is 28.7 Å². The maximum absolute atomic E-state index is 9.02. The summed E-state index contributed by atoms with van der Waals surface area (Å²) in [6.45, 7) is 0. The Morgan fingerprint density at radius 2 is 1.65 bits per heavy atom. The maximum atomic E-state index is 9.02. The van der Waals surface area contributed by atoms with Gasteiger partial charge in [-0.1, -0.05) is 11.6 Å². The first kappa shape index (κ1) is 11.1. The number of rotatable bonds is 1. The van der Waals surface area contributed by atoms with Gasteiger partial charge in [0.25, 0.3) is 0 Å². The molecule has 0 saturated carbocycles. The summed E-state index contributed by atoms with van der Waals surface area (Å²) in [4.78, 5) is 0. The zero-order valence-corrected chi connectivity index (χ0v) is 9.32. The van der Waals surface area contributed by atoms with Gasteiger partial charge in [-0.25, -0.2) is 0 Å². The largest absolute Gasteiger partial charge is 0.438 e. The molecule has 17 heavy (non-hydrogen) atoms. The molecule has 1 aromatic heterocycles. The van der Waals surface area contributed by atoms with Crippen molar-refractivity contribution in [3.63, 3.8) is 0 Å². The zero-order valence-electron chi connectivity index (χ0n) is 8.57. The second-order valence-corrected chi connectivity index (χ2v) is 3.71. The molecular weight excluding hydrogens is 238 g/mol. The summed E-state index contributed by atoms with van der Waals surface area (Å²) in [5, 5.41) is 18.5. The lowest BCUT2D eigenvalue weighted by Gasteiger charge is -1.97. The summed E-state index contributed by atoms with van der Waals surface area (Å²) in [6, 6.07) is 10.5. The molecule has 0 aliphatic carbocycles. The molecule has 0 spiro atoms. The fourth-order valence-corrected chi connectivity index (χ4v) is 1.60. The molecule has 0 aliphatic heterocycles. The van der Waals surface area contributed by atoms with Crippen LogP contribution in [0, 0.1) is 22.7 Å². The van der Waals surface area contributed by atoms with Crippen LogP contribution >= 0.6 is 11.6 Å². The van der Waals surface area contributed by atoms with Crippen molar-refractivity contribution in [1.82, 2.24) is 0 Å². The van der Waals surface area contributed by atoms with E-state index in [9.17, 15) is 0 Å². The molecule has 1 aromatic carbocycles. The second-order valence-electron chi connectivity index (χ2n) is 3.28. The molecule has 2 rings (SSSR count). The number of nitriles is 2. The van der Waals surface area contributed by atoms with E-state index in [1.807, 2.05) is 12.1 Å². The minimum absolute atomic E-state index is 0.0472. The molecule has 0 aliphatic rings. The monoisotopic (exact) mass is 243 g/mol. The van der Waals surface area contributed by atoms with Gasteiger partial charge in [0.2, 0.25) is 5.88 Å². The van der Waals surface area contributed by atoms with Gasteiger partial charge >= 0.3 is 0 Å². The third-order valence-corrected chi connectivity index (χ3v) is 2.52. The number of nitrogens with two attached hydrogens (primary N) is 1. The molecule has 0 saturated heterocycles. The van der Waals surface area contributed by atoms with E-state index in [2.05, 4.69) is 0 Å².